The Hall–Kier alpha value is -3.94. The number of hydrogen-bond donors (Lipinski definition) is 5. The maximum absolute atomic E-state index is 14.5. The number of ether oxygens (including phenoxy) is 2. The third-order valence-electron chi connectivity index (χ3n) is 8.65. The molecule has 1 amide bonds. The van der Waals surface area contributed by atoms with E-state index in [0.717, 1.165) is 11.4 Å². The quantitative estimate of drug-likeness (QED) is 0.0856. The summed E-state index contributed by atoms with van der Waals surface area (Å²) in [5, 5.41) is 24.0. The highest BCUT2D eigenvalue weighted by Gasteiger charge is 2.48. The monoisotopic (exact) mass is 746 g/mol. The maximum atomic E-state index is 14.5. The van der Waals surface area contributed by atoms with E-state index in [4.69, 9.17) is 24.3 Å². The van der Waals surface area contributed by atoms with Crippen LogP contribution in [0, 0.1) is 5.92 Å². The van der Waals surface area contributed by atoms with Crippen molar-refractivity contribution in [1.29, 1.82) is 0 Å². The van der Waals surface area contributed by atoms with Crippen LogP contribution >= 0.6 is 18.2 Å². The Kier molecular flexibility index (Phi) is 11.7. The molecule has 0 spiro atoms. The van der Waals surface area contributed by atoms with Gasteiger partial charge in [-0.25, -0.2) is 24.3 Å². The van der Waals surface area contributed by atoms with E-state index in [1.165, 1.54) is 29.5 Å². The summed E-state index contributed by atoms with van der Waals surface area (Å²) in [6.07, 6.45) is -0.187. The van der Waals surface area contributed by atoms with Gasteiger partial charge in [-0.2, -0.15) is 0 Å². The minimum absolute atomic E-state index is 0.159. The van der Waals surface area contributed by atoms with E-state index in [1.54, 1.807) is 35.8 Å². The van der Waals surface area contributed by atoms with Crippen LogP contribution in [0.5, 0.6) is 0 Å². The number of anilines is 1. The van der Waals surface area contributed by atoms with Crippen molar-refractivity contribution < 1.29 is 38.1 Å². The topological polar surface area (TPSA) is 248 Å². The Balaban J connectivity index is 1.13. The van der Waals surface area contributed by atoms with Gasteiger partial charge in [0.1, 0.15) is 42.6 Å². The molecule has 2 aliphatic rings. The number of carbonyl (C=O) groups is 1. The number of nitrogens with zero attached hydrogens (tertiary/aromatic N) is 5. The van der Waals surface area contributed by atoms with Crippen LogP contribution in [0.15, 0.2) is 64.8 Å². The van der Waals surface area contributed by atoms with Gasteiger partial charge in [-0.15, -0.1) is 0 Å². The van der Waals surface area contributed by atoms with Crippen LogP contribution in [0.4, 0.5) is 5.82 Å². The Bertz CT molecular complexity index is 1980. The third kappa shape index (κ3) is 8.42. The number of unbranched alkanes of at least 4 members (excludes halogenated alkanes) is 1. The molecule has 2 aliphatic heterocycles. The Morgan fingerprint density at radius 3 is 2.71 bits per heavy atom. The van der Waals surface area contributed by atoms with E-state index in [9.17, 15) is 29.2 Å². The number of fused-ring (bicyclic) bond motifs is 1. The molecular formula is C31H39N8O10PS. The molecule has 8 atom stereocenters. The lowest BCUT2D eigenvalue weighted by Gasteiger charge is -2.27. The van der Waals surface area contributed by atoms with Crippen molar-refractivity contribution in [3.63, 3.8) is 0 Å². The summed E-state index contributed by atoms with van der Waals surface area (Å²) in [4.78, 5) is 51.2. The molecule has 6 rings (SSSR count). The van der Waals surface area contributed by atoms with E-state index < -0.39 is 67.4 Å². The minimum Gasteiger partial charge on any atom is -0.394 e. The highest BCUT2D eigenvalue weighted by molar-refractivity contribution is 8.55. The van der Waals surface area contributed by atoms with Crippen molar-refractivity contribution in [2.45, 2.75) is 63.1 Å². The lowest BCUT2D eigenvalue weighted by Crippen LogP contribution is -2.34. The molecule has 5 heterocycles. The number of aliphatic hydroxyl groups is 2. The van der Waals surface area contributed by atoms with Crippen molar-refractivity contribution in [3.05, 3.63) is 81.7 Å². The molecule has 6 N–H and O–H groups in total. The summed E-state index contributed by atoms with van der Waals surface area (Å²) in [6, 6.07) is 9.99. The number of imidazole rings is 1. The van der Waals surface area contributed by atoms with E-state index in [2.05, 4.69) is 25.3 Å². The largest absolute Gasteiger partial charge is 0.394 e. The van der Waals surface area contributed by atoms with E-state index in [-0.39, 0.29) is 24.8 Å². The predicted molar refractivity (Wildman–Crippen MR) is 185 cm³/mol. The smallest absolute Gasteiger partial charge is 0.389 e. The molecule has 3 unspecified atom stereocenters. The Morgan fingerprint density at radius 2 is 1.94 bits per heavy atom. The number of H-pyrrole nitrogens is 1. The molecule has 51 heavy (non-hydrogen) atoms. The number of nitrogens with two attached hydrogens (primary N) is 1. The van der Waals surface area contributed by atoms with Gasteiger partial charge in [0.2, 0.25) is 0 Å². The first-order valence-corrected chi connectivity index (χ1v) is 19.5. The maximum Gasteiger partial charge on any atom is 0.389 e. The number of amides is 1. The summed E-state index contributed by atoms with van der Waals surface area (Å²) in [5.41, 5.74) is 5.97. The number of benzene rings is 1. The average Bonchev–Trinajstić information content (AvgIpc) is 3.81. The number of aromatic amines is 1. The summed E-state index contributed by atoms with van der Waals surface area (Å²) in [5.74, 6) is -0.315. The third-order valence-corrected chi connectivity index (χ3v) is 12.5. The first kappa shape index (κ1) is 36.8. The molecule has 2 saturated heterocycles. The van der Waals surface area contributed by atoms with Crippen LogP contribution in [-0.2, 0) is 23.1 Å². The molecule has 0 aliphatic carbocycles. The lowest BCUT2D eigenvalue weighted by atomic mass is 10.0. The second-order valence-corrected chi connectivity index (χ2v) is 16.3. The Labute approximate surface area is 295 Å². The number of aromatic nitrogens is 6. The molecule has 0 radical (unpaired) electrons. The number of aliphatic hydroxyl groups excluding tert-OH is 2. The standard InChI is InChI=1S/C31H39N8O10PS/c1-18-26(21(14-40)48-30(18)38-11-9-23(42)37-31(38)44)49-50(45,51-12-6-5-10-33-29(43)19-7-3-2-4-8-19)46-15-22-20(41)13-24(47-22)39-17-36-25-27(32)34-16-35-28(25)39/h2-4,7-9,11,16-18,20-22,24,26,30,40-41H,5-6,10,12-15H2,1H3,(H,33,43)(H2,32,34,35)(H,37,42,44)/t18-,20?,21+,22+,24+,26?,30+,50?/m0/s1. The zero-order valence-electron chi connectivity index (χ0n) is 27.5. The first-order valence-electron chi connectivity index (χ1n) is 16.3. The van der Waals surface area contributed by atoms with Crippen LogP contribution in [0.3, 0.4) is 0 Å². The van der Waals surface area contributed by atoms with Crippen molar-refractivity contribution >= 4 is 41.1 Å². The highest BCUT2D eigenvalue weighted by atomic mass is 32.7. The molecule has 3 aromatic heterocycles. The molecule has 0 bridgehead atoms. The Morgan fingerprint density at radius 1 is 1.14 bits per heavy atom. The minimum atomic E-state index is -4.07. The molecule has 2 fully saturated rings. The molecule has 274 valence electrons. The number of rotatable bonds is 15. The lowest BCUT2D eigenvalue weighted by molar-refractivity contribution is -0.0505. The number of nitrogen functional groups attached to an aromatic ring is 1. The summed E-state index contributed by atoms with van der Waals surface area (Å²) >= 11 is 0.931. The van der Waals surface area contributed by atoms with Gasteiger partial charge in [0.25, 0.3) is 11.5 Å². The summed E-state index contributed by atoms with van der Waals surface area (Å²) in [6.45, 7) is -2.81. The van der Waals surface area contributed by atoms with Crippen LogP contribution in [0.2, 0.25) is 0 Å². The molecule has 1 aromatic carbocycles. The van der Waals surface area contributed by atoms with Gasteiger partial charge in [0.15, 0.2) is 11.5 Å². The highest BCUT2D eigenvalue weighted by Crippen LogP contribution is 2.63. The van der Waals surface area contributed by atoms with Crippen molar-refractivity contribution in [1.82, 2.24) is 34.4 Å². The number of hydrogen-bond acceptors (Lipinski definition) is 15. The summed E-state index contributed by atoms with van der Waals surface area (Å²) < 4.78 is 41.4. The van der Waals surface area contributed by atoms with Gasteiger partial charge in [-0.05, 0) is 36.4 Å². The second-order valence-electron chi connectivity index (χ2n) is 12.1. The fraction of sp³-hybridized carbons (Fsp3) is 0.484. The van der Waals surface area contributed by atoms with Crippen LogP contribution in [0.1, 0.15) is 49.0 Å². The average molecular weight is 747 g/mol. The fourth-order valence-corrected chi connectivity index (χ4v) is 9.62. The van der Waals surface area contributed by atoms with Gasteiger partial charge in [0.05, 0.1) is 25.6 Å². The van der Waals surface area contributed by atoms with Crippen molar-refractivity contribution in [2.24, 2.45) is 5.92 Å². The van der Waals surface area contributed by atoms with Crippen molar-refractivity contribution in [2.75, 3.05) is 31.2 Å². The van der Waals surface area contributed by atoms with Gasteiger partial charge in [-0.3, -0.25) is 32.8 Å². The molecule has 20 heteroatoms. The van der Waals surface area contributed by atoms with E-state index in [1.807, 2.05) is 6.07 Å². The van der Waals surface area contributed by atoms with Crippen LogP contribution < -0.4 is 22.3 Å². The number of carbonyl (C=O) groups excluding carboxylic acids is 1. The van der Waals surface area contributed by atoms with Crippen LogP contribution in [0.25, 0.3) is 11.2 Å². The molecule has 4 aromatic rings. The van der Waals surface area contributed by atoms with Gasteiger partial charge < -0.3 is 30.7 Å². The predicted octanol–water partition coefficient (Wildman–Crippen LogP) is 1.59. The van der Waals surface area contributed by atoms with E-state index >= 15 is 0 Å². The number of nitrogens with one attached hydrogen (secondary N) is 2. The first-order chi connectivity index (χ1) is 24.6. The van der Waals surface area contributed by atoms with E-state index in [0.29, 0.717) is 41.9 Å². The summed E-state index contributed by atoms with van der Waals surface area (Å²) in [7, 11) is 0. The second kappa shape index (κ2) is 16.2. The molecule has 18 nitrogen and oxygen atoms in total. The van der Waals surface area contributed by atoms with Gasteiger partial charge >= 0.3 is 12.5 Å². The zero-order valence-corrected chi connectivity index (χ0v) is 29.2. The molecule has 0 saturated carbocycles. The zero-order chi connectivity index (χ0) is 36.1. The normalized spacial score (nSPS) is 26.0. The SMILES string of the molecule is C[C@H]1C(OP(=O)(OC[C@H]2O[C@@H](n3cnc4c(N)ncnc43)CC2O)SCCCCNC(=O)c2ccccc2)[C@@H](CO)O[C@H]1n1ccc(=O)[nH]c1=O. The fourth-order valence-electron chi connectivity index (χ4n) is 5.96. The molecular weight excluding hydrogens is 707 g/mol. The van der Waals surface area contributed by atoms with Gasteiger partial charge in [-0.1, -0.05) is 25.1 Å². The van der Waals surface area contributed by atoms with Gasteiger partial charge in [0, 0.05) is 42.5 Å². The van der Waals surface area contributed by atoms with Crippen LogP contribution in [-0.4, -0.2) is 95.1 Å². The van der Waals surface area contributed by atoms with Crippen molar-refractivity contribution in [3.8, 4) is 0 Å².